The summed E-state index contributed by atoms with van der Waals surface area (Å²) < 4.78 is 2.09. The Morgan fingerprint density at radius 2 is 1.67 bits per heavy atom. The molecule has 0 atom stereocenters. The summed E-state index contributed by atoms with van der Waals surface area (Å²) >= 11 is 14.0. The van der Waals surface area contributed by atoms with E-state index >= 15 is 0 Å². The summed E-state index contributed by atoms with van der Waals surface area (Å²) in [5.74, 6) is -0.500. The lowest BCUT2D eigenvalue weighted by Gasteiger charge is -2.20. The van der Waals surface area contributed by atoms with Crippen molar-refractivity contribution in [3.63, 3.8) is 0 Å². The molecule has 2 aliphatic rings. The van der Waals surface area contributed by atoms with Crippen LogP contribution in [0, 0.1) is 5.41 Å². The number of aliphatic imine (C=N–C) groups is 1. The first kappa shape index (κ1) is 22.8. The average molecular weight is 530 g/mol. The molecule has 6 rings (SSSR count). The van der Waals surface area contributed by atoms with E-state index in [4.69, 9.17) is 28.6 Å². The second-order valence-electron chi connectivity index (χ2n) is 8.23. The number of nitrogens with one attached hydrogen (secondary N) is 1. The van der Waals surface area contributed by atoms with Gasteiger partial charge < -0.3 is 4.57 Å². The predicted molar refractivity (Wildman–Crippen MR) is 148 cm³/mol. The number of hydrogen-bond donors (Lipinski definition) is 1. The molecule has 0 bridgehead atoms. The highest BCUT2D eigenvalue weighted by atomic mass is 35.5. The quantitative estimate of drug-likeness (QED) is 0.300. The zero-order valence-corrected chi connectivity index (χ0v) is 21.0. The van der Waals surface area contributed by atoms with Gasteiger partial charge in [0, 0.05) is 39.8 Å². The number of amidine groups is 2. The number of carbonyl (C=O) groups excluding carboxylic acids is 1. The predicted octanol–water partition coefficient (Wildman–Crippen LogP) is 6.66. The monoisotopic (exact) mass is 529 g/mol. The molecule has 4 aromatic rings. The van der Waals surface area contributed by atoms with Crippen molar-refractivity contribution in [2.45, 2.75) is 6.54 Å². The van der Waals surface area contributed by atoms with Crippen molar-refractivity contribution in [3.8, 4) is 0 Å². The first-order valence-electron chi connectivity index (χ1n) is 11.1. The number of para-hydroxylation sites is 1. The summed E-state index contributed by atoms with van der Waals surface area (Å²) in [5, 5.41) is 17.8. The Morgan fingerprint density at radius 3 is 2.47 bits per heavy atom. The van der Waals surface area contributed by atoms with Gasteiger partial charge in [0.1, 0.15) is 5.04 Å². The van der Waals surface area contributed by atoms with Crippen LogP contribution in [0.15, 0.2) is 94.7 Å². The molecular weight excluding hydrogens is 513 g/mol. The van der Waals surface area contributed by atoms with Crippen molar-refractivity contribution in [2.24, 2.45) is 10.1 Å². The van der Waals surface area contributed by atoms with E-state index in [-0.39, 0.29) is 11.4 Å². The van der Waals surface area contributed by atoms with Crippen molar-refractivity contribution in [2.75, 3.05) is 0 Å². The van der Waals surface area contributed by atoms with Crippen molar-refractivity contribution in [1.29, 1.82) is 5.41 Å². The minimum absolute atomic E-state index is 0.0255. The van der Waals surface area contributed by atoms with Crippen molar-refractivity contribution in [1.82, 2.24) is 9.58 Å². The van der Waals surface area contributed by atoms with E-state index < -0.39 is 5.91 Å². The zero-order chi connectivity index (χ0) is 24.8. The number of carbonyl (C=O) groups is 1. The van der Waals surface area contributed by atoms with Crippen LogP contribution in [0.3, 0.4) is 0 Å². The van der Waals surface area contributed by atoms with Crippen molar-refractivity contribution >= 4 is 73.9 Å². The van der Waals surface area contributed by atoms with Crippen LogP contribution in [-0.4, -0.2) is 31.5 Å². The van der Waals surface area contributed by atoms with Crippen LogP contribution < -0.4 is 0 Å². The summed E-state index contributed by atoms with van der Waals surface area (Å²) in [6.45, 7) is 0.575. The SMILES string of the molecule is N=C1C(=Cc2cn(Cc3ccccc3Cl)c3ccccc23)C(=O)N=C2SC(c3ccccc3Cl)=NN12. The fourth-order valence-electron chi connectivity index (χ4n) is 4.22. The van der Waals surface area contributed by atoms with E-state index in [2.05, 4.69) is 14.7 Å². The maximum Gasteiger partial charge on any atom is 0.283 e. The van der Waals surface area contributed by atoms with Crippen LogP contribution in [-0.2, 0) is 11.3 Å². The lowest BCUT2D eigenvalue weighted by molar-refractivity contribution is -0.114. The maximum atomic E-state index is 13.0. The highest BCUT2D eigenvalue weighted by Crippen LogP contribution is 2.34. The summed E-state index contributed by atoms with van der Waals surface area (Å²) in [6, 6.07) is 23.0. The zero-order valence-electron chi connectivity index (χ0n) is 18.7. The standard InChI is InChI=1S/C27H17Cl2N5OS/c28-21-10-4-1-7-16(21)14-33-15-17(18-8-3-6-12-23(18)33)13-20-24(30)34-27(31-25(20)35)36-26(32-34)19-9-2-5-11-22(19)29/h1-13,15,30H,14H2. The molecule has 2 aliphatic heterocycles. The van der Waals surface area contributed by atoms with Gasteiger partial charge in [0.2, 0.25) is 5.17 Å². The molecule has 0 radical (unpaired) electrons. The normalized spacial score (nSPS) is 16.5. The number of thioether (sulfide) groups is 1. The maximum absolute atomic E-state index is 13.0. The number of nitrogens with zero attached hydrogens (tertiary/aromatic N) is 4. The van der Waals surface area contributed by atoms with Crippen LogP contribution in [0.25, 0.3) is 17.0 Å². The topological polar surface area (TPSA) is 73.8 Å². The van der Waals surface area contributed by atoms with E-state index in [1.165, 1.54) is 16.8 Å². The first-order valence-corrected chi connectivity index (χ1v) is 12.6. The van der Waals surface area contributed by atoms with E-state index in [0.717, 1.165) is 27.6 Å². The summed E-state index contributed by atoms with van der Waals surface area (Å²) in [7, 11) is 0. The fraction of sp³-hybridized carbons (Fsp3) is 0.0370. The smallest absolute Gasteiger partial charge is 0.283 e. The Hall–Kier alpha value is -3.65. The minimum Gasteiger partial charge on any atom is -0.342 e. The largest absolute Gasteiger partial charge is 0.342 e. The third-order valence-corrected chi connectivity index (χ3v) is 7.62. The molecule has 3 aromatic carbocycles. The van der Waals surface area contributed by atoms with E-state index in [0.29, 0.717) is 26.8 Å². The minimum atomic E-state index is -0.475. The molecule has 176 valence electrons. The molecule has 0 unspecified atom stereocenters. The molecule has 1 aromatic heterocycles. The van der Waals surface area contributed by atoms with E-state index in [1.807, 2.05) is 72.9 Å². The lowest BCUT2D eigenvalue weighted by Crippen LogP contribution is -2.35. The molecule has 0 aliphatic carbocycles. The van der Waals surface area contributed by atoms with Crippen molar-refractivity contribution in [3.05, 3.63) is 111 Å². The fourth-order valence-corrected chi connectivity index (χ4v) is 5.63. The summed E-state index contributed by atoms with van der Waals surface area (Å²) in [5.41, 5.74) is 3.70. The van der Waals surface area contributed by atoms with Crippen LogP contribution >= 0.6 is 35.0 Å². The van der Waals surface area contributed by atoms with Crippen LogP contribution in [0.1, 0.15) is 16.7 Å². The van der Waals surface area contributed by atoms with Gasteiger partial charge in [-0.2, -0.15) is 15.1 Å². The number of benzene rings is 3. The Bertz CT molecular complexity index is 1670. The molecule has 0 saturated heterocycles. The second-order valence-corrected chi connectivity index (χ2v) is 10.00. The molecule has 6 nitrogen and oxygen atoms in total. The average Bonchev–Trinajstić information content (AvgIpc) is 3.45. The molecule has 9 heteroatoms. The molecule has 0 spiro atoms. The number of fused-ring (bicyclic) bond motifs is 2. The molecule has 0 saturated carbocycles. The van der Waals surface area contributed by atoms with Crippen LogP contribution in [0.5, 0.6) is 0 Å². The Kier molecular flexibility index (Phi) is 5.76. The number of halogens is 2. The summed E-state index contributed by atoms with van der Waals surface area (Å²) in [4.78, 5) is 17.2. The molecule has 36 heavy (non-hydrogen) atoms. The Labute approximate surface area is 221 Å². The lowest BCUT2D eigenvalue weighted by atomic mass is 10.1. The van der Waals surface area contributed by atoms with Gasteiger partial charge >= 0.3 is 0 Å². The van der Waals surface area contributed by atoms with Gasteiger partial charge in [-0.3, -0.25) is 10.2 Å². The summed E-state index contributed by atoms with van der Waals surface area (Å²) in [6.07, 6.45) is 3.68. The Morgan fingerprint density at radius 1 is 0.944 bits per heavy atom. The molecular formula is C27H17Cl2N5OS. The number of hydrazone groups is 1. The van der Waals surface area contributed by atoms with Gasteiger partial charge in [0.15, 0.2) is 5.84 Å². The van der Waals surface area contributed by atoms with Crippen molar-refractivity contribution < 1.29 is 4.79 Å². The van der Waals surface area contributed by atoms with E-state index in [9.17, 15) is 4.79 Å². The number of hydrogen-bond acceptors (Lipinski definition) is 4. The van der Waals surface area contributed by atoms with Crippen LogP contribution in [0.2, 0.25) is 10.0 Å². The highest BCUT2D eigenvalue weighted by molar-refractivity contribution is 8.27. The van der Waals surface area contributed by atoms with Gasteiger partial charge in [-0.25, -0.2) is 0 Å². The molecule has 0 fully saturated rings. The Balaban J connectivity index is 1.39. The van der Waals surface area contributed by atoms with Gasteiger partial charge in [0.05, 0.1) is 10.6 Å². The van der Waals surface area contributed by atoms with E-state index in [1.54, 1.807) is 12.1 Å². The third-order valence-electron chi connectivity index (χ3n) is 5.98. The van der Waals surface area contributed by atoms with Gasteiger partial charge in [-0.15, -0.1) is 0 Å². The van der Waals surface area contributed by atoms with Gasteiger partial charge in [-0.05, 0) is 41.6 Å². The molecule has 1 N–H and O–H groups in total. The number of amides is 1. The van der Waals surface area contributed by atoms with Gasteiger partial charge in [0.25, 0.3) is 5.91 Å². The highest BCUT2D eigenvalue weighted by Gasteiger charge is 2.36. The molecule has 1 amide bonds. The third kappa shape index (κ3) is 3.95. The second kappa shape index (κ2) is 9.09. The van der Waals surface area contributed by atoms with Gasteiger partial charge in [-0.1, -0.05) is 77.8 Å². The van der Waals surface area contributed by atoms with Crippen LogP contribution in [0.4, 0.5) is 0 Å². The number of aromatic nitrogens is 1. The first-order chi connectivity index (χ1) is 17.5. The number of rotatable bonds is 4. The molecule has 3 heterocycles.